The van der Waals surface area contributed by atoms with E-state index < -0.39 is 11.9 Å². The van der Waals surface area contributed by atoms with E-state index in [1.807, 2.05) is 48.5 Å². The normalized spacial score (nSPS) is 11.0. The first-order chi connectivity index (χ1) is 17.9. The number of nitriles is 1. The van der Waals surface area contributed by atoms with Crippen LogP contribution in [0.25, 0.3) is 16.8 Å². The Labute approximate surface area is 223 Å². The molecule has 0 bridgehead atoms. The number of nitrogens with zero attached hydrogens (tertiary/aromatic N) is 1. The number of amides is 1. The van der Waals surface area contributed by atoms with Crippen LogP contribution in [0.2, 0.25) is 10.0 Å². The summed E-state index contributed by atoms with van der Waals surface area (Å²) in [5.41, 5.74) is 2.00. The van der Waals surface area contributed by atoms with E-state index in [1.54, 1.807) is 12.1 Å². The SMILES string of the molecule is COC(=O)c1ccc(NC(=O)/C(C#N)=C/c2cc(Cl)c(OCc3ccc4ccccc4c3)c(Cl)c2)cc1. The Kier molecular flexibility index (Phi) is 8.09. The molecule has 4 rings (SSSR count). The first-order valence-electron chi connectivity index (χ1n) is 11.1. The molecule has 184 valence electrons. The van der Waals surface area contributed by atoms with Crippen LogP contribution >= 0.6 is 23.2 Å². The van der Waals surface area contributed by atoms with Gasteiger partial charge in [0, 0.05) is 5.69 Å². The fraction of sp³-hybridized carbons (Fsp3) is 0.0690. The van der Waals surface area contributed by atoms with Gasteiger partial charge in [-0.25, -0.2) is 4.79 Å². The summed E-state index contributed by atoms with van der Waals surface area (Å²) in [7, 11) is 1.28. The highest BCUT2D eigenvalue weighted by Gasteiger charge is 2.14. The molecule has 0 spiro atoms. The third kappa shape index (κ3) is 6.28. The van der Waals surface area contributed by atoms with Gasteiger partial charge in [0.25, 0.3) is 5.91 Å². The summed E-state index contributed by atoms with van der Waals surface area (Å²) in [5, 5.41) is 14.9. The average molecular weight is 531 g/mol. The molecule has 0 fully saturated rings. The number of nitrogens with one attached hydrogen (secondary N) is 1. The van der Waals surface area contributed by atoms with Crippen LogP contribution in [0.4, 0.5) is 5.69 Å². The van der Waals surface area contributed by atoms with Crippen LogP contribution in [0, 0.1) is 11.3 Å². The van der Waals surface area contributed by atoms with E-state index >= 15 is 0 Å². The van der Waals surface area contributed by atoms with Crippen molar-refractivity contribution in [2.45, 2.75) is 6.61 Å². The van der Waals surface area contributed by atoms with Crippen molar-refractivity contribution in [1.29, 1.82) is 5.26 Å². The van der Waals surface area contributed by atoms with Gasteiger partial charge in [-0.1, -0.05) is 59.6 Å². The molecule has 0 saturated heterocycles. The fourth-order valence-corrected chi connectivity index (χ4v) is 4.22. The lowest BCUT2D eigenvalue weighted by atomic mass is 10.1. The number of anilines is 1. The van der Waals surface area contributed by atoms with Gasteiger partial charge in [-0.15, -0.1) is 0 Å². The second kappa shape index (κ2) is 11.6. The molecule has 0 radical (unpaired) electrons. The average Bonchev–Trinajstić information content (AvgIpc) is 2.91. The molecule has 0 unspecified atom stereocenters. The molecule has 1 amide bonds. The molecule has 0 aliphatic rings. The molecule has 1 N–H and O–H groups in total. The summed E-state index contributed by atoms with van der Waals surface area (Å²) >= 11 is 12.8. The van der Waals surface area contributed by atoms with E-state index in [-0.39, 0.29) is 22.2 Å². The summed E-state index contributed by atoms with van der Waals surface area (Å²) in [6.07, 6.45) is 1.38. The number of ether oxygens (including phenoxy) is 2. The van der Waals surface area contributed by atoms with Crippen molar-refractivity contribution in [3.05, 3.63) is 111 Å². The van der Waals surface area contributed by atoms with Gasteiger partial charge in [0.15, 0.2) is 5.75 Å². The number of halogens is 2. The third-order valence-corrected chi connectivity index (χ3v) is 6.02. The first kappa shape index (κ1) is 25.8. The lowest BCUT2D eigenvalue weighted by Crippen LogP contribution is -2.13. The summed E-state index contributed by atoms with van der Waals surface area (Å²) in [5.74, 6) is -0.812. The monoisotopic (exact) mass is 530 g/mol. The van der Waals surface area contributed by atoms with E-state index in [9.17, 15) is 14.9 Å². The second-order valence-electron chi connectivity index (χ2n) is 7.98. The molecule has 0 saturated carbocycles. The van der Waals surface area contributed by atoms with Crippen LogP contribution in [-0.2, 0) is 16.1 Å². The maximum absolute atomic E-state index is 12.6. The fourth-order valence-electron chi connectivity index (χ4n) is 3.61. The van der Waals surface area contributed by atoms with Crippen molar-refractivity contribution < 1.29 is 19.1 Å². The van der Waals surface area contributed by atoms with Gasteiger partial charge in [-0.05, 0) is 70.4 Å². The summed E-state index contributed by atoms with van der Waals surface area (Å²) in [6, 6.07) is 25.2. The molecule has 6 nitrogen and oxygen atoms in total. The molecule has 4 aromatic rings. The van der Waals surface area contributed by atoms with Gasteiger partial charge in [-0.3, -0.25) is 4.79 Å². The zero-order valence-electron chi connectivity index (χ0n) is 19.6. The van der Waals surface area contributed by atoms with Gasteiger partial charge in [0.2, 0.25) is 0 Å². The number of hydrogen-bond donors (Lipinski definition) is 1. The molecule has 37 heavy (non-hydrogen) atoms. The number of benzene rings is 4. The maximum atomic E-state index is 12.6. The Balaban J connectivity index is 1.47. The van der Waals surface area contributed by atoms with Gasteiger partial charge >= 0.3 is 5.97 Å². The quantitative estimate of drug-likeness (QED) is 0.157. The van der Waals surface area contributed by atoms with Crippen LogP contribution in [0.3, 0.4) is 0 Å². The van der Waals surface area contributed by atoms with Crippen molar-refractivity contribution in [2.24, 2.45) is 0 Å². The largest absolute Gasteiger partial charge is 0.486 e. The van der Waals surface area contributed by atoms with Crippen LogP contribution in [0.1, 0.15) is 21.5 Å². The molecule has 0 atom stereocenters. The second-order valence-corrected chi connectivity index (χ2v) is 8.79. The number of hydrogen-bond acceptors (Lipinski definition) is 5. The Bertz CT molecular complexity index is 1530. The van der Waals surface area contributed by atoms with Gasteiger partial charge in [0.1, 0.15) is 18.2 Å². The molecule has 8 heteroatoms. The van der Waals surface area contributed by atoms with E-state index in [4.69, 9.17) is 27.9 Å². The number of carbonyl (C=O) groups is 2. The number of rotatable bonds is 7. The smallest absolute Gasteiger partial charge is 0.337 e. The molecule has 0 aromatic heterocycles. The number of esters is 1. The van der Waals surface area contributed by atoms with Crippen LogP contribution < -0.4 is 10.1 Å². The van der Waals surface area contributed by atoms with E-state index in [2.05, 4.69) is 10.1 Å². The molecular formula is C29H20Cl2N2O4. The minimum absolute atomic E-state index is 0.158. The topological polar surface area (TPSA) is 88.4 Å². The number of carbonyl (C=O) groups excluding carboxylic acids is 2. The van der Waals surface area contributed by atoms with Crippen molar-refractivity contribution in [3.63, 3.8) is 0 Å². The van der Waals surface area contributed by atoms with Gasteiger partial charge < -0.3 is 14.8 Å². The zero-order valence-corrected chi connectivity index (χ0v) is 21.1. The standard InChI is InChI=1S/C29H20Cl2N2O4/c1-36-29(35)21-8-10-24(11-9-21)33-28(34)23(16-32)13-19-14-25(30)27(26(31)15-19)37-17-18-6-7-20-4-2-3-5-22(20)12-18/h2-15H,17H2,1H3,(H,33,34)/b23-13+. The third-order valence-electron chi connectivity index (χ3n) is 5.46. The lowest BCUT2D eigenvalue weighted by Gasteiger charge is -2.12. The highest BCUT2D eigenvalue weighted by atomic mass is 35.5. The Morgan fingerprint density at radius 3 is 2.27 bits per heavy atom. The Morgan fingerprint density at radius 2 is 1.62 bits per heavy atom. The zero-order chi connectivity index (χ0) is 26.4. The van der Waals surface area contributed by atoms with Gasteiger partial charge in [-0.2, -0.15) is 5.26 Å². The first-order valence-corrected chi connectivity index (χ1v) is 11.8. The lowest BCUT2D eigenvalue weighted by molar-refractivity contribution is -0.112. The maximum Gasteiger partial charge on any atom is 0.337 e. The molecule has 0 aliphatic heterocycles. The van der Waals surface area contributed by atoms with Crippen molar-refractivity contribution in [2.75, 3.05) is 12.4 Å². The summed E-state index contributed by atoms with van der Waals surface area (Å²) < 4.78 is 10.5. The Morgan fingerprint density at radius 1 is 0.946 bits per heavy atom. The van der Waals surface area contributed by atoms with Gasteiger partial charge in [0.05, 0.1) is 22.7 Å². The molecular weight excluding hydrogens is 511 g/mol. The minimum atomic E-state index is -0.628. The molecule has 0 heterocycles. The summed E-state index contributed by atoms with van der Waals surface area (Å²) in [4.78, 5) is 24.2. The highest BCUT2D eigenvalue weighted by molar-refractivity contribution is 6.37. The molecule has 4 aromatic carbocycles. The predicted molar refractivity (Wildman–Crippen MR) is 145 cm³/mol. The summed E-state index contributed by atoms with van der Waals surface area (Å²) in [6.45, 7) is 0.264. The number of fused-ring (bicyclic) bond motifs is 1. The van der Waals surface area contributed by atoms with Crippen molar-refractivity contribution in [3.8, 4) is 11.8 Å². The Hall–Kier alpha value is -4.31. The van der Waals surface area contributed by atoms with Crippen LogP contribution in [0.15, 0.2) is 84.4 Å². The van der Waals surface area contributed by atoms with Crippen LogP contribution in [-0.4, -0.2) is 19.0 Å². The highest BCUT2D eigenvalue weighted by Crippen LogP contribution is 2.35. The van der Waals surface area contributed by atoms with E-state index in [0.717, 1.165) is 16.3 Å². The molecule has 0 aliphatic carbocycles. The van der Waals surface area contributed by atoms with E-state index in [0.29, 0.717) is 22.6 Å². The van der Waals surface area contributed by atoms with Crippen molar-refractivity contribution >= 4 is 57.6 Å². The minimum Gasteiger partial charge on any atom is -0.486 e. The van der Waals surface area contributed by atoms with E-state index in [1.165, 1.54) is 37.5 Å². The number of methoxy groups -OCH3 is 1. The van der Waals surface area contributed by atoms with Crippen molar-refractivity contribution in [1.82, 2.24) is 0 Å². The van der Waals surface area contributed by atoms with Crippen LogP contribution in [0.5, 0.6) is 5.75 Å². The predicted octanol–water partition coefficient (Wildman–Crippen LogP) is 7.06.